The van der Waals surface area contributed by atoms with Crippen molar-refractivity contribution in [3.8, 4) is 11.3 Å². The monoisotopic (exact) mass is 306 g/mol. The van der Waals surface area contributed by atoms with E-state index in [0.717, 1.165) is 0 Å². The number of nitrogens with one attached hydrogen (secondary N) is 1. The highest BCUT2D eigenvalue weighted by atomic mass is 32.1. The van der Waals surface area contributed by atoms with Gasteiger partial charge in [0, 0.05) is 10.9 Å². The smallest absolute Gasteiger partial charge is 0.252 e. The van der Waals surface area contributed by atoms with Gasteiger partial charge in [-0.05, 0) is 30.9 Å². The van der Waals surface area contributed by atoms with E-state index in [0.29, 0.717) is 28.9 Å². The molecule has 1 aromatic heterocycles. The minimum absolute atomic E-state index is 0.0470. The highest BCUT2D eigenvalue weighted by Crippen LogP contribution is 2.29. The third-order valence-electron chi connectivity index (χ3n) is 3.15. The van der Waals surface area contributed by atoms with Crippen LogP contribution < -0.4 is 5.32 Å². The fourth-order valence-electron chi connectivity index (χ4n) is 1.87. The summed E-state index contributed by atoms with van der Waals surface area (Å²) in [6.07, 6.45) is 2.40. The van der Waals surface area contributed by atoms with Gasteiger partial charge < -0.3 is 4.74 Å². The molecular formula is C15H15FN2O2S. The van der Waals surface area contributed by atoms with Gasteiger partial charge in [0.25, 0.3) is 5.91 Å². The van der Waals surface area contributed by atoms with Crippen molar-refractivity contribution < 1.29 is 13.9 Å². The number of carbonyl (C=O) groups excluding carboxylic acids is 1. The van der Waals surface area contributed by atoms with Crippen LogP contribution in [0.3, 0.4) is 0 Å². The zero-order valence-electron chi connectivity index (χ0n) is 11.3. The van der Waals surface area contributed by atoms with Gasteiger partial charge in [-0.15, -0.1) is 11.3 Å². The largest absolute Gasteiger partial charge is 0.371 e. The molecule has 1 aromatic carbocycles. The zero-order chi connectivity index (χ0) is 14.7. The first-order valence-electron chi connectivity index (χ1n) is 6.80. The quantitative estimate of drug-likeness (QED) is 0.890. The number of ether oxygens (including phenoxy) is 1. The van der Waals surface area contributed by atoms with Gasteiger partial charge in [-0.1, -0.05) is 12.1 Å². The topological polar surface area (TPSA) is 51.2 Å². The summed E-state index contributed by atoms with van der Waals surface area (Å²) >= 11 is 1.31. The molecular weight excluding hydrogens is 291 g/mol. The lowest BCUT2D eigenvalue weighted by atomic mass is 10.2. The lowest BCUT2D eigenvalue weighted by molar-refractivity contribution is -0.120. The Hall–Kier alpha value is -1.79. The molecule has 21 heavy (non-hydrogen) atoms. The number of thiazole rings is 1. The minimum atomic E-state index is -0.306. The molecule has 1 heterocycles. The number of anilines is 1. The molecule has 6 heteroatoms. The number of halogens is 1. The molecule has 0 saturated heterocycles. The van der Waals surface area contributed by atoms with Crippen molar-refractivity contribution >= 4 is 22.4 Å². The van der Waals surface area contributed by atoms with E-state index in [4.69, 9.17) is 4.74 Å². The van der Waals surface area contributed by atoms with Crippen molar-refractivity contribution in [1.82, 2.24) is 4.98 Å². The molecule has 0 atom stereocenters. The summed E-state index contributed by atoms with van der Waals surface area (Å²) in [6, 6.07) is 6.21. The van der Waals surface area contributed by atoms with E-state index in [1.165, 1.54) is 36.3 Å². The standard InChI is InChI=1S/C15H15FN2O2S/c16-12-3-1-2-11(6-12)13-9-21-15(17-13)18-14(19)8-20-7-10-4-5-10/h1-3,6,9-10H,4-5,7-8H2,(H,17,18,19). The molecule has 1 saturated carbocycles. The fourth-order valence-corrected chi connectivity index (χ4v) is 2.61. The summed E-state index contributed by atoms with van der Waals surface area (Å²) in [5.41, 5.74) is 1.34. The number of nitrogens with zero attached hydrogens (tertiary/aromatic N) is 1. The summed E-state index contributed by atoms with van der Waals surface area (Å²) in [5, 5.41) is 4.97. The van der Waals surface area contributed by atoms with Crippen LogP contribution in [0, 0.1) is 11.7 Å². The van der Waals surface area contributed by atoms with Gasteiger partial charge in [-0.3, -0.25) is 10.1 Å². The van der Waals surface area contributed by atoms with Gasteiger partial charge in [0.15, 0.2) is 5.13 Å². The van der Waals surface area contributed by atoms with E-state index in [1.807, 2.05) is 0 Å². The van der Waals surface area contributed by atoms with Crippen LogP contribution in [-0.4, -0.2) is 24.1 Å². The van der Waals surface area contributed by atoms with Crippen molar-refractivity contribution in [1.29, 1.82) is 0 Å². The van der Waals surface area contributed by atoms with Crippen LogP contribution in [-0.2, 0) is 9.53 Å². The molecule has 0 unspecified atom stereocenters. The molecule has 4 nitrogen and oxygen atoms in total. The number of carbonyl (C=O) groups is 1. The van der Waals surface area contributed by atoms with Crippen LogP contribution in [0.2, 0.25) is 0 Å². The Bertz CT molecular complexity index is 640. The van der Waals surface area contributed by atoms with Crippen LogP contribution in [0.15, 0.2) is 29.6 Å². The molecule has 1 aliphatic rings. The van der Waals surface area contributed by atoms with Gasteiger partial charge >= 0.3 is 0 Å². The third kappa shape index (κ3) is 4.09. The van der Waals surface area contributed by atoms with E-state index in [1.54, 1.807) is 17.5 Å². The van der Waals surface area contributed by atoms with Crippen molar-refractivity contribution in [2.75, 3.05) is 18.5 Å². The van der Waals surface area contributed by atoms with E-state index in [9.17, 15) is 9.18 Å². The Morgan fingerprint density at radius 2 is 2.33 bits per heavy atom. The van der Waals surface area contributed by atoms with Gasteiger partial charge in [-0.2, -0.15) is 0 Å². The SMILES string of the molecule is O=C(COCC1CC1)Nc1nc(-c2cccc(F)c2)cs1. The molecule has 1 N–H and O–H groups in total. The second kappa shape index (κ2) is 6.32. The number of benzene rings is 1. The molecule has 0 radical (unpaired) electrons. The second-order valence-electron chi connectivity index (χ2n) is 5.05. The number of amides is 1. The number of aromatic nitrogens is 1. The number of hydrogen-bond acceptors (Lipinski definition) is 4. The van der Waals surface area contributed by atoms with E-state index >= 15 is 0 Å². The maximum absolute atomic E-state index is 13.2. The van der Waals surface area contributed by atoms with Crippen molar-refractivity contribution in [2.24, 2.45) is 5.92 Å². The van der Waals surface area contributed by atoms with Crippen molar-refractivity contribution in [2.45, 2.75) is 12.8 Å². The van der Waals surface area contributed by atoms with Crippen LogP contribution >= 0.6 is 11.3 Å². The molecule has 1 aliphatic carbocycles. The van der Waals surface area contributed by atoms with E-state index in [-0.39, 0.29) is 18.3 Å². The zero-order valence-corrected chi connectivity index (χ0v) is 12.2. The number of rotatable bonds is 6. The molecule has 110 valence electrons. The Balaban J connectivity index is 1.55. The lowest BCUT2D eigenvalue weighted by Gasteiger charge is -2.02. The maximum Gasteiger partial charge on any atom is 0.252 e. The first-order valence-corrected chi connectivity index (χ1v) is 7.68. The Labute approximate surface area is 126 Å². The van der Waals surface area contributed by atoms with Gasteiger partial charge in [0.1, 0.15) is 12.4 Å². The Kier molecular flexibility index (Phi) is 4.26. The average molecular weight is 306 g/mol. The predicted octanol–water partition coefficient (Wildman–Crippen LogP) is 3.31. The minimum Gasteiger partial charge on any atom is -0.371 e. The summed E-state index contributed by atoms with van der Waals surface area (Å²) in [5.74, 6) is 0.118. The van der Waals surface area contributed by atoms with Crippen LogP contribution in [0.5, 0.6) is 0 Å². The van der Waals surface area contributed by atoms with Gasteiger partial charge in [0.05, 0.1) is 12.3 Å². The van der Waals surface area contributed by atoms with Crippen LogP contribution in [0.4, 0.5) is 9.52 Å². The first-order chi connectivity index (χ1) is 10.2. The average Bonchev–Trinajstić information content (AvgIpc) is 3.16. The number of hydrogen-bond donors (Lipinski definition) is 1. The molecule has 3 rings (SSSR count). The normalized spacial score (nSPS) is 14.1. The van der Waals surface area contributed by atoms with Crippen molar-refractivity contribution in [3.05, 3.63) is 35.5 Å². The van der Waals surface area contributed by atoms with Gasteiger partial charge in [-0.25, -0.2) is 9.37 Å². The maximum atomic E-state index is 13.2. The van der Waals surface area contributed by atoms with E-state index in [2.05, 4.69) is 10.3 Å². The fraction of sp³-hybridized carbons (Fsp3) is 0.333. The first kappa shape index (κ1) is 14.2. The summed E-state index contributed by atoms with van der Waals surface area (Å²) < 4.78 is 18.5. The Morgan fingerprint density at radius 1 is 1.48 bits per heavy atom. The predicted molar refractivity (Wildman–Crippen MR) is 79.7 cm³/mol. The second-order valence-corrected chi connectivity index (χ2v) is 5.91. The van der Waals surface area contributed by atoms with Crippen LogP contribution in [0.25, 0.3) is 11.3 Å². The van der Waals surface area contributed by atoms with E-state index < -0.39 is 0 Å². The summed E-state index contributed by atoms with van der Waals surface area (Å²) in [7, 11) is 0. The molecule has 1 fully saturated rings. The molecule has 1 amide bonds. The molecule has 2 aromatic rings. The van der Waals surface area contributed by atoms with Gasteiger partial charge in [0.2, 0.25) is 0 Å². The Morgan fingerprint density at radius 3 is 3.10 bits per heavy atom. The third-order valence-corrected chi connectivity index (χ3v) is 3.91. The highest BCUT2D eigenvalue weighted by Gasteiger charge is 2.21. The molecule has 0 bridgehead atoms. The lowest BCUT2D eigenvalue weighted by Crippen LogP contribution is -2.18. The molecule has 0 spiro atoms. The van der Waals surface area contributed by atoms with Crippen LogP contribution in [0.1, 0.15) is 12.8 Å². The van der Waals surface area contributed by atoms with Crippen molar-refractivity contribution in [3.63, 3.8) is 0 Å². The molecule has 0 aliphatic heterocycles. The highest BCUT2D eigenvalue weighted by molar-refractivity contribution is 7.14. The summed E-state index contributed by atoms with van der Waals surface area (Å²) in [6.45, 7) is 0.700. The summed E-state index contributed by atoms with van der Waals surface area (Å²) in [4.78, 5) is 16.0.